The Balaban J connectivity index is 1.85. The summed E-state index contributed by atoms with van der Waals surface area (Å²) in [5.41, 5.74) is -0.253. The third kappa shape index (κ3) is 5.30. The summed E-state index contributed by atoms with van der Waals surface area (Å²) >= 11 is 0. The number of rotatable bonds is 5. The molecular formula is C18H15F4NO3. The lowest BCUT2D eigenvalue weighted by Crippen LogP contribution is -2.28. The molecule has 8 heteroatoms. The Bertz CT molecular complexity index is 818. The Kier molecular flexibility index (Phi) is 5.97. The van der Waals surface area contributed by atoms with E-state index in [9.17, 15) is 27.2 Å². The van der Waals surface area contributed by atoms with Gasteiger partial charge in [0, 0.05) is 6.54 Å². The molecule has 0 saturated carbocycles. The highest BCUT2D eigenvalue weighted by molar-refractivity contribution is 5.91. The minimum atomic E-state index is -4.47. The van der Waals surface area contributed by atoms with Gasteiger partial charge in [0.15, 0.2) is 6.61 Å². The van der Waals surface area contributed by atoms with Crippen LogP contribution in [0.4, 0.5) is 17.6 Å². The van der Waals surface area contributed by atoms with Crippen molar-refractivity contribution in [2.24, 2.45) is 0 Å². The van der Waals surface area contributed by atoms with E-state index >= 15 is 0 Å². The molecule has 0 radical (unpaired) electrons. The highest BCUT2D eigenvalue weighted by Crippen LogP contribution is 2.29. The zero-order valence-corrected chi connectivity index (χ0v) is 13.7. The summed E-state index contributed by atoms with van der Waals surface area (Å²) in [5, 5.41) is 2.35. The van der Waals surface area contributed by atoms with Gasteiger partial charge in [0.05, 0.1) is 11.1 Å². The maximum Gasteiger partial charge on any atom is 0.416 e. The molecule has 0 unspecified atom stereocenters. The maximum atomic E-state index is 13.4. The first kappa shape index (κ1) is 19.4. The Morgan fingerprint density at radius 1 is 1.12 bits per heavy atom. The van der Waals surface area contributed by atoms with Crippen LogP contribution >= 0.6 is 0 Å². The molecule has 0 bridgehead atoms. The molecule has 138 valence electrons. The Labute approximate surface area is 146 Å². The number of benzene rings is 2. The van der Waals surface area contributed by atoms with Gasteiger partial charge in [-0.15, -0.1) is 0 Å². The molecule has 0 atom stereocenters. The van der Waals surface area contributed by atoms with Crippen LogP contribution in [-0.4, -0.2) is 18.5 Å². The van der Waals surface area contributed by atoms with Crippen molar-refractivity contribution >= 4 is 11.9 Å². The van der Waals surface area contributed by atoms with Crippen LogP contribution in [0, 0.1) is 12.7 Å². The van der Waals surface area contributed by atoms with Gasteiger partial charge in [0.25, 0.3) is 5.91 Å². The summed E-state index contributed by atoms with van der Waals surface area (Å²) in [6, 6.07) is 8.27. The average Bonchev–Trinajstić information content (AvgIpc) is 2.59. The molecule has 0 aliphatic rings. The number of alkyl halides is 3. The average molecular weight is 369 g/mol. The van der Waals surface area contributed by atoms with Crippen LogP contribution < -0.4 is 5.32 Å². The Morgan fingerprint density at radius 2 is 1.85 bits per heavy atom. The monoisotopic (exact) mass is 369 g/mol. The smallest absolute Gasteiger partial charge is 0.416 e. The summed E-state index contributed by atoms with van der Waals surface area (Å²) in [7, 11) is 0. The van der Waals surface area contributed by atoms with Crippen LogP contribution in [0.5, 0.6) is 0 Å². The van der Waals surface area contributed by atoms with Crippen molar-refractivity contribution in [3.8, 4) is 0 Å². The van der Waals surface area contributed by atoms with Crippen LogP contribution in [0.1, 0.15) is 27.0 Å². The van der Waals surface area contributed by atoms with Gasteiger partial charge in [-0.2, -0.15) is 13.2 Å². The van der Waals surface area contributed by atoms with Gasteiger partial charge >= 0.3 is 12.1 Å². The molecule has 2 rings (SSSR count). The summed E-state index contributed by atoms with van der Waals surface area (Å²) in [6.07, 6.45) is -4.47. The molecule has 2 aromatic carbocycles. The van der Waals surface area contributed by atoms with Crippen molar-refractivity contribution in [1.29, 1.82) is 0 Å². The fourth-order valence-electron chi connectivity index (χ4n) is 2.04. The summed E-state index contributed by atoms with van der Waals surface area (Å²) < 4.78 is 56.0. The van der Waals surface area contributed by atoms with E-state index in [0.29, 0.717) is 5.56 Å². The van der Waals surface area contributed by atoms with Crippen LogP contribution in [-0.2, 0) is 22.3 Å². The number of hydrogen-bond donors (Lipinski definition) is 1. The van der Waals surface area contributed by atoms with Crippen LogP contribution in [0.15, 0.2) is 42.5 Å². The molecule has 2 aromatic rings. The quantitative estimate of drug-likeness (QED) is 0.647. The third-order valence-electron chi connectivity index (χ3n) is 3.49. The van der Waals surface area contributed by atoms with Crippen molar-refractivity contribution in [2.75, 3.05) is 6.61 Å². The van der Waals surface area contributed by atoms with Crippen molar-refractivity contribution in [2.45, 2.75) is 19.6 Å². The minimum Gasteiger partial charge on any atom is -0.452 e. The number of carbonyl (C=O) groups excluding carboxylic acids is 2. The first-order valence-corrected chi connectivity index (χ1v) is 7.53. The van der Waals surface area contributed by atoms with Gasteiger partial charge in [-0.3, -0.25) is 4.79 Å². The standard InChI is InChI=1S/C18H15F4NO3/c1-11-5-6-13(8-15(11)19)17(25)26-10-16(24)23-9-12-3-2-4-14(7-12)18(20,21)22/h2-8H,9-10H2,1H3,(H,23,24). The molecule has 4 nitrogen and oxygen atoms in total. The second kappa shape index (κ2) is 7.99. The van der Waals surface area contributed by atoms with E-state index in [-0.39, 0.29) is 17.7 Å². The predicted molar refractivity (Wildman–Crippen MR) is 84.7 cm³/mol. The van der Waals surface area contributed by atoms with Gasteiger partial charge in [0.1, 0.15) is 5.82 Å². The first-order valence-electron chi connectivity index (χ1n) is 7.53. The largest absolute Gasteiger partial charge is 0.452 e. The minimum absolute atomic E-state index is 0.0428. The number of carbonyl (C=O) groups is 2. The zero-order chi connectivity index (χ0) is 19.3. The fourth-order valence-corrected chi connectivity index (χ4v) is 2.04. The van der Waals surface area contributed by atoms with E-state index in [1.165, 1.54) is 31.2 Å². The highest BCUT2D eigenvalue weighted by Gasteiger charge is 2.30. The van der Waals surface area contributed by atoms with E-state index < -0.39 is 36.0 Å². The lowest BCUT2D eigenvalue weighted by molar-refractivity contribution is -0.137. The second-order valence-electron chi connectivity index (χ2n) is 5.51. The van der Waals surface area contributed by atoms with Gasteiger partial charge < -0.3 is 10.1 Å². The first-order chi connectivity index (χ1) is 12.2. The van der Waals surface area contributed by atoms with Crippen LogP contribution in [0.3, 0.4) is 0 Å². The van der Waals surface area contributed by atoms with E-state index in [4.69, 9.17) is 4.74 Å². The molecule has 0 aromatic heterocycles. The fraction of sp³-hybridized carbons (Fsp3) is 0.222. The predicted octanol–water partition coefficient (Wildman–Crippen LogP) is 3.63. The lowest BCUT2D eigenvalue weighted by atomic mass is 10.1. The summed E-state index contributed by atoms with van der Waals surface area (Å²) in [6.45, 7) is 0.748. The molecule has 26 heavy (non-hydrogen) atoms. The number of esters is 1. The molecule has 0 heterocycles. The molecule has 1 N–H and O–H groups in total. The van der Waals surface area contributed by atoms with Gasteiger partial charge in [0.2, 0.25) is 0 Å². The van der Waals surface area contributed by atoms with Gasteiger partial charge in [-0.1, -0.05) is 18.2 Å². The molecule has 0 saturated heterocycles. The number of halogens is 4. The van der Waals surface area contributed by atoms with E-state index in [1.54, 1.807) is 0 Å². The molecule has 0 fully saturated rings. The Hall–Kier alpha value is -2.90. The highest BCUT2D eigenvalue weighted by atomic mass is 19.4. The van der Waals surface area contributed by atoms with Crippen molar-refractivity contribution in [3.05, 3.63) is 70.5 Å². The molecule has 0 aliphatic heterocycles. The second-order valence-corrected chi connectivity index (χ2v) is 5.51. The maximum absolute atomic E-state index is 13.4. The third-order valence-corrected chi connectivity index (χ3v) is 3.49. The van der Waals surface area contributed by atoms with Crippen molar-refractivity contribution in [3.63, 3.8) is 0 Å². The van der Waals surface area contributed by atoms with Crippen LogP contribution in [0.25, 0.3) is 0 Å². The molecular weight excluding hydrogens is 354 g/mol. The van der Waals surface area contributed by atoms with Crippen molar-refractivity contribution < 1.29 is 31.9 Å². The topological polar surface area (TPSA) is 55.4 Å². The van der Waals surface area contributed by atoms with E-state index in [0.717, 1.165) is 18.2 Å². The van der Waals surface area contributed by atoms with Crippen LogP contribution in [0.2, 0.25) is 0 Å². The lowest BCUT2D eigenvalue weighted by Gasteiger charge is -2.10. The van der Waals surface area contributed by atoms with Gasteiger partial charge in [-0.05, 0) is 42.3 Å². The van der Waals surface area contributed by atoms with Gasteiger partial charge in [-0.25, -0.2) is 9.18 Å². The molecule has 0 aliphatic carbocycles. The number of nitrogens with one attached hydrogen (secondary N) is 1. The molecule has 0 spiro atoms. The number of aryl methyl sites for hydroxylation is 1. The number of amides is 1. The summed E-state index contributed by atoms with van der Waals surface area (Å²) in [5.74, 6) is -2.14. The number of hydrogen-bond acceptors (Lipinski definition) is 3. The normalized spacial score (nSPS) is 11.1. The van der Waals surface area contributed by atoms with Crippen molar-refractivity contribution in [1.82, 2.24) is 5.32 Å². The molecule has 1 amide bonds. The number of ether oxygens (including phenoxy) is 1. The van der Waals surface area contributed by atoms with E-state index in [1.807, 2.05) is 0 Å². The summed E-state index contributed by atoms with van der Waals surface area (Å²) in [4.78, 5) is 23.4. The SMILES string of the molecule is Cc1ccc(C(=O)OCC(=O)NCc2cccc(C(F)(F)F)c2)cc1F. The van der Waals surface area contributed by atoms with E-state index in [2.05, 4.69) is 5.32 Å². The Morgan fingerprint density at radius 3 is 2.50 bits per heavy atom. The zero-order valence-electron chi connectivity index (χ0n) is 13.7.